The van der Waals surface area contributed by atoms with E-state index < -0.39 is 5.91 Å². The predicted molar refractivity (Wildman–Crippen MR) is 109 cm³/mol. The Balaban J connectivity index is 1.95. The minimum absolute atomic E-state index is 0.0182. The van der Waals surface area contributed by atoms with Gasteiger partial charge >= 0.3 is 0 Å². The van der Waals surface area contributed by atoms with Crippen LogP contribution in [0, 0.1) is 25.2 Å². The van der Waals surface area contributed by atoms with E-state index >= 15 is 0 Å². The largest absolute Gasteiger partial charge is 0.321 e. The van der Waals surface area contributed by atoms with Crippen molar-refractivity contribution in [1.82, 2.24) is 4.57 Å². The second-order valence-electron chi connectivity index (χ2n) is 6.11. The molecule has 1 aromatic heterocycles. The summed E-state index contributed by atoms with van der Waals surface area (Å²) in [6.45, 7) is 3.80. The molecule has 4 nitrogen and oxygen atoms in total. The maximum absolute atomic E-state index is 12.6. The lowest BCUT2D eigenvalue weighted by Gasteiger charge is -2.11. The Morgan fingerprint density at radius 2 is 1.81 bits per heavy atom. The van der Waals surface area contributed by atoms with E-state index in [0.717, 1.165) is 22.6 Å². The van der Waals surface area contributed by atoms with E-state index in [4.69, 9.17) is 11.6 Å². The highest BCUT2D eigenvalue weighted by molar-refractivity contribution is 6.31. The zero-order valence-corrected chi connectivity index (χ0v) is 15.8. The van der Waals surface area contributed by atoms with Gasteiger partial charge in [-0.2, -0.15) is 5.26 Å². The number of rotatable bonds is 4. The van der Waals surface area contributed by atoms with Crippen molar-refractivity contribution in [2.45, 2.75) is 13.8 Å². The molecular formula is C22H18ClN3O. The SMILES string of the molecule is Cc1c(Cl)cccc1NC(=O)/C(C#N)=C\c1ccc(C)n1-c1ccccc1. The molecule has 0 fully saturated rings. The highest BCUT2D eigenvalue weighted by Crippen LogP contribution is 2.24. The molecule has 0 aliphatic rings. The van der Waals surface area contributed by atoms with Crippen LogP contribution in [0.5, 0.6) is 0 Å². The molecule has 5 heteroatoms. The second-order valence-corrected chi connectivity index (χ2v) is 6.51. The Morgan fingerprint density at radius 1 is 1.07 bits per heavy atom. The zero-order chi connectivity index (χ0) is 19.4. The molecule has 0 unspecified atom stereocenters. The number of nitriles is 1. The quantitative estimate of drug-likeness (QED) is 0.497. The third-order valence-corrected chi connectivity index (χ3v) is 4.70. The van der Waals surface area contributed by atoms with Crippen LogP contribution in [-0.2, 0) is 4.79 Å². The fraction of sp³-hybridized carbons (Fsp3) is 0.0909. The summed E-state index contributed by atoms with van der Waals surface area (Å²) in [5.74, 6) is -0.471. The number of carbonyl (C=O) groups excluding carboxylic acids is 1. The Morgan fingerprint density at radius 3 is 2.52 bits per heavy atom. The minimum Gasteiger partial charge on any atom is -0.321 e. The number of hydrogen-bond acceptors (Lipinski definition) is 2. The highest BCUT2D eigenvalue weighted by atomic mass is 35.5. The van der Waals surface area contributed by atoms with E-state index in [2.05, 4.69) is 5.32 Å². The smallest absolute Gasteiger partial charge is 0.266 e. The van der Waals surface area contributed by atoms with Gasteiger partial charge in [0.1, 0.15) is 11.6 Å². The average Bonchev–Trinajstić information content (AvgIpc) is 3.04. The van der Waals surface area contributed by atoms with E-state index in [1.165, 1.54) is 0 Å². The Bertz CT molecular complexity index is 1060. The molecule has 134 valence electrons. The summed E-state index contributed by atoms with van der Waals surface area (Å²) < 4.78 is 2.00. The van der Waals surface area contributed by atoms with Gasteiger partial charge < -0.3 is 9.88 Å². The molecule has 1 N–H and O–H groups in total. The van der Waals surface area contributed by atoms with Gasteiger partial charge in [-0.3, -0.25) is 4.79 Å². The van der Waals surface area contributed by atoms with E-state index in [-0.39, 0.29) is 5.57 Å². The molecule has 0 aliphatic heterocycles. The molecule has 1 amide bonds. The van der Waals surface area contributed by atoms with Crippen molar-refractivity contribution in [3.63, 3.8) is 0 Å². The van der Waals surface area contributed by atoms with Crippen molar-refractivity contribution in [2.75, 3.05) is 5.32 Å². The molecule has 2 aromatic carbocycles. The van der Waals surface area contributed by atoms with E-state index in [1.54, 1.807) is 24.3 Å². The third-order valence-electron chi connectivity index (χ3n) is 4.29. The number of aryl methyl sites for hydroxylation is 1. The number of hydrogen-bond donors (Lipinski definition) is 1. The number of halogens is 1. The summed E-state index contributed by atoms with van der Waals surface area (Å²) in [6.07, 6.45) is 1.59. The molecule has 0 spiro atoms. The summed E-state index contributed by atoms with van der Waals surface area (Å²) in [6, 6.07) is 20.9. The van der Waals surface area contributed by atoms with Crippen molar-refractivity contribution in [1.29, 1.82) is 5.26 Å². The van der Waals surface area contributed by atoms with Crippen LogP contribution in [0.25, 0.3) is 11.8 Å². The van der Waals surface area contributed by atoms with Gasteiger partial charge in [0, 0.05) is 27.8 Å². The summed E-state index contributed by atoms with van der Waals surface area (Å²) in [5, 5.41) is 12.8. The molecule has 0 bridgehead atoms. The number of para-hydroxylation sites is 1. The number of anilines is 1. The minimum atomic E-state index is -0.471. The van der Waals surface area contributed by atoms with E-state index in [9.17, 15) is 10.1 Å². The molecule has 0 saturated heterocycles. The molecule has 27 heavy (non-hydrogen) atoms. The van der Waals surface area contributed by atoms with Crippen LogP contribution in [0.2, 0.25) is 5.02 Å². The van der Waals surface area contributed by atoms with Gasteiger partial charge in [-0.15, -0.1) is 0 Å². The number of benzene rings is 2. The van der Waals surface area contributed by atoms with Crippen molar-refractivity contribution < 1.29 is 4.79 Å². The fourth-order valence-corrected chi connectivity index (χ4v) is 3.00. The first kappa shape index (κ1) is 18.5. The summed E-state index contributed by atoms with van der Waals surface area (Å²) in [4.78, 5) is 12.6. The summed E-state index contributed by atoms with van der Waals surface area (Å²) >= 11 is 6.10. The number of nitrogens with one attached hydrogen (secondary N) is 1. The normalized spacial score (nSPS) is 11.1. The van der Waals surface area contributed by atoms with Crippen LogP contribution in [0.15, 0.2) is 66.2 Å². The van der Waals surface area contributed by atoms with Crippen LogP contribution in [-0.4, -0.2) is 10.5 Å². The average molecular weight is 376 g/mol. The predicted octanol–water partition coefficient (Wildman–Crippen LogP) is 5.29. The molecule has 3 aromatic rings. The van der Waals surface area contributed by atoms with Gasteiger partial charge in [0.15, 0.2) is 0 Å². The maximum Gasteiger partial charge on any atom is 0.266 e. The molecule has 0 aliphatic carbocycles. The lowest BCUT2D eigenvalue weighted by atomic mass is 10.1. The third kappa shape index (κ3) is 3.94. The van der Waals surface area contributed by atoms with Crippen molar-refractivity contribution in [2.24, 2.45) is 0 Å². The van der Waals surface area contributed by atoms with Crippen molar-refractivity contribution in [3.05, 3.63) is 88.2 Å². The monoisotopic (exact) mass is 375 g/mol. The fourth-order valence-electron chi connectivity index (χ4n) is 2.83. The maximum atomic E-state index is 12.6. The van der Waals surface area contributed by atoms with Crippen LogP contribution >= 0.6 is 11.6 Å². The topological polar surface area (TPSA) is 57.8 Å². The number of amides is 1. The standard InChI is InChI=1S/C22H18ClN3O/c1-15-11-12-19(26(15)18-7-4-3-5-8-18)13-17(14-24)22(27)25-21-10-6-9-20(23)16(21)2/h3-13H,1-2H3,(H,25,27)/b17-13-. The second kappa shape index (κ2) is 7.94. The lowest BCUT2D eigenvalue weighted by molar-refractivity contribution is -0.112. The van der Waals surface area contributed by atoms with Gasteiger partial charge in [-0.25, -0.2) is 0 Å². The van der Waals surface area contributed by atoms with E-state index in [1.807, 2.05) is 66.9 Å². The first-order valence-electron chi connectivity index (χ1n) is 8.43. The number of aromatic nitrogens is 1. The van der Waals surface area contributed by atoms with Crippen molar-refractivity contribution >= 4 is 29.3 Å². The molecular weight excluding hydrogens is 358 g/mol. The van der Waals surface area contributed by atoms with Crippen molar-refractivity contribution in [3.8, 4) is 11.8 Å². The first-order chi connectivity index (χ1) is 13.0. The van der Waals surface area contributed by atoms with Crippen LogP contribution in [0.1, 0.15) is 17.0 Å². The van der Waals surface area contributed by atoms with E-state index in [0.29, 0.717) is 10.7 Å². The van der Waals surface area contributed by atoms with Crippen LogP contribution in [0.3, 0.4) is 0 Å². The van der Waals surface area contributed by atoms with Crippen LogP contribution in [0.4, 0.5) is 5.69 Å². The molecule has 0 atom stereocenters. The number of nitrogens with zero attached hydrogens (tertiary/aromatic N) is 2. The Hall–Kier alpha value is -3.29. The van der Waals surface area contributed by atoms with Gasteiger partial charge in [-0.1, -0.05) is 35.9 Å². The summed E-state index contributed by atoms with van der Waals surface area (Å²) in [5.41, 5.74) is 4.10. The molecule has 1 heterocycles. The Labute approximate surface area is 163 Å². The summed E-state index contributed by atoms with van der Waals surface area (Å²) in [7, 11) is 0. The van der Waals surface area contributed by atoms with Crippen LogP contribution < -0.4 is 5.32 Å². The Kier molecular flexibility index (Phi) is 5.44. The highest BCUT2D eigenvalue weighted by Gasteiger charge is 2.14. The van der Waals surface area contributed by atoms with Gasteiger partial charge in [0.2, 0.25) is 0 Å². The number of carbonyl (C=O) groups is 1. The van der Waals surface area contributed by atoms with Gasteiger partial charge in [0.25, 0.3) is 5.91 Å². The first-order valence-corrected chi connectivity index (χ1v) is 8.81. The molecule has 3 rings (SSSR count). The van der Waals surface area contributed by atoms with Gasteiger partial charge in [0.05, 0.1) is 0 Å². The van der Waals surface area contributed by atoms with Gasteiger partial charge in [-0.05, 0) is 61.9 Å². The lowest BCUT2D eigenvalue weighted by Crippen LogP contribution is -2.14. The molecule has 0 radical (unpaired) electrons. The molecule has 0 saturated carbocycles. The zero-order valence-electron chi connectivity index (χ0n) is 15.0.